The molecule has 1 atom stereocenters. The van der Waals surface area contributed by atoms with Crippen molar-refractivity contribution in [1.29, 1.82) is 0 Å². The molecule has 2 aromatic carbocycles. The van der Waals surface area contributed by atoms with Crippen molar-refractivity contribution in [3.8, 4) is 0 Å². The Kier molecular flexibility index (Phi) is 4.56. The lowest BCUT2D eigenvalue weighted by Gasteiger charge is -2.15. The fourth-order valence-corrected chi connectivity index (χ4v) is 2.18. The van der Waals surface area contributed by atoms with Crippen LogP contribution in [0.15, 0.2) is 42.5 Å². The van der Waals surface area contributed by atoms with E-state index in [2.05, 4.69) is 12.2 Å². The average molecular weight is 278 g/mol. The van der Waals surface area contributed by atoms with Crippen LogP contribution in [-0.2, 0) is 6.54 Å². The zero-order valence-electron chi connectivity index (χ0n) is 11.1. The Hall–Kier alpha value is -1.38. The summed E-state index contributed by atoms with van der Waals surface area (Å²) in [5.41, 5.74) is 2.90. The van der Waals surface area contributed by atoms with Crippen molar-refractivity contribution in [2.45, 2.75) is 26.4 Å². The van der Waals surface area contributed by atoms with E-state index in [0.717, 1.165) is 16.1 Å². The van der Waals surface area contributed by atoms with E-state index >= 15 is 0 Å². The van der Waals surface area contributed by atoms with Crippen LogP contribution < -0.4 is 5.32 Å². The summed E-state index contributed by atoms with van der Waals surface area (Å²) in [7, 11) is 0. The first kappa shape index (κ1) is 14.0. The molecule has 100 valence electrons. The van der Waals surface area contributed by atoms with Crippen molar-refractivity contribution in [1.82, 2.24) is 5.32 Å². The summed E-state index contributed by atoms with van der Waals surface area (Å²) in [6.07, 6.45) is 0. The fourth-order valence-electron chi connectivity index (χ4n) is 1.98. The molecule has 19 heavy (non-hydrogen) atoms. The smallest absolute Gasteiger partial charge is 0.126 e. The third kappa shape index (κ3) is 3.79. The van der Waals surface area contributed by atoms with Crippen LogP contribution in [0.5, 0.6) is 0 Å². The van der Waals surface area contributed by atoms with Gasteiger partial charge in [0.25, 0.3) is 0 Å². The molecule has 0 aliphatic carbocycles. The molecule has 0 spiro atoms. The Bertz CT molecular complexity index is 568. The van der Waals surface area contributed by atoms with Gasteiger partial charge in [0.2, 0.25) is 0 Å². The molecule has 0 heterocycles. The summed E-state index contributed by atoms with van der Waals surface area (Å²) in [6, 6.07) is 13.2. The van der Waals surface area contributed by atoms with Crippen molar-refractivity contribution in [3.05, 3.63) is 70.0 Å². The van der Waals surface area contributed by atoms with Crippen LogP contribution in [0.1, 0.15) is 29.7 Å². The second-order valence-electron chi connectivity index (χ2n) is 4.74. The summed E-state index contributed by atoms with van der Waals surface area (Å²) >= 11 is 5.97. The zero-order valence-corrected chi connectivity index (χ0v) is 11.8. The van der Waals surface area contributed by atoms with Gasteiger partial charge in [0.1, 0.15) is 5.82 Å². The van der Waals surface area contributed by atoms with Crippen LogP contribution >= 0.6 is 11.6 Å². The molecule has 1 nitrogen and oxygen atoms in total. The van der Waals surface area contributed by atoms with E-state index in [0.29, 0.717) is 12.1 Å². The van der Waals surface area contributed by atoms with Crippen molar-refractivity contribution in [3.63, 3.8) is 0 Å². The average Bonchev–Trinajstić information content (AvgIpc) is 2.40. The monoisotopic (exact) mass is 277 g/mol. The van der Waals surface area contributed by atoms with Gasteiger partial charge in [0.05, 0.1) is 0 Å². The fraction of sp³-hybridized carbons (Fsp3) is 0.250. The summed E-state index contributed by atoms with van der Waals surface area (Å²) in [5, 5.41) is 4.15. The van der Waals surface area contributed by atoms with Crippen LogP contribution in [0.3, 0.4) is 0 Å². The molecule has 0 amide bonds. The van der Waals surface area contributed by atoms with Gasteiger partial charge in [-0.25, -0.2) is 4.39 Å². The Balaban J connectivity index is 2.00. The number of hydrogen-bond acceptors (Lipinski definition) is 1. The summed E-state index contributed by atoms with van der Waals surface area (Å²) in [4.78, 5) is 0. The van der Waals surface area contributed by atoms with E-state index in [1.54, 1.807) is 13.0 Å². The molecule has 1 N–H and O–H groups in total. The molecule has 0 radical (unpaired) electrons. The number of hydrogen-bond donors (Lipinski definition) is 1. The van der Waals surface area contributed by atoms with Gasteiger partial charge in [0.15, 0.2) is 0 Å². The van der Waals surface area contributed by atoms with Gasteiger partial charge in [-0.15, -0.1) is 0 Å². The zero-order chi connectivity index (χ0) is 13.8. The molecule has 3 heteroatoms. The predicted octanol–water partition coefficient (Wildman–Crippen LogP) is 4.64. The van der Waals surface area contributed by atoms with Gasteiger partial charge < -0.3 is 5.32 Å². The molecule has 2 rings (SSSR count). The Morgan fingerprint density at radius 1 is 1.21 bits per heavy atom. The van der Waals surface area contributed by atoms with E-state index in [-0.39, 0.29) is 11.9 Å². The standard InChI is InChI=1S/C16H17ClFN/c1-11-8-13(6-7-16(11)18)10-19-12(2)14-4-3-5-15(17)9-14/h3-9,12,19H,10H2,1-2H3. The van der Waals surface area contributed by atoms with Gasteiger partial charge in [0, 0.05) is 17.6 Å². The first-order valence-corrected chi connectivity index (χ1v) is 6.68. The van der Waals surface area contributed by atoms with Crippen LogP contribution in [0.25, 0.3) is 0 Å². The molecule has 2 aromatic rings. The molecule has 0 aliphatic rings. The summed E-state index contributed by atoms with van der Waals surface area (Å²) < 4.78 is 13.2. The normalized spacial score (nSPS) is 12.4. The van der Waals surface area contributed by atoms with E-state index in [4.69, 9.17) is 11.6 Å². The lowest BCUT2D eigenvalue weighted by molar-refractivity contribution is 0.572. The van der Waals surface area contributed by atoms with Crippen LogP contribution in [0.2, 0.25) is 5.02 Å². The number of aryl methyl sites for hydroxylation is 1. The molecular formula is C16H17ClFN. The second-order valence-corrected chi connectivity index (χ2v) is 5.18. The summed E-state index contributed by atoms with van der Waals surface area (Å²) in [5.74, 6) is -0.161. The Labute approximate surface area is 118 Å². The minimum Gasteiger partial charge on any atom is -0.306 e. The molecule has 0 aromatic heterocycles. The number of benzene rings is 2. The second kappa shape index (κ2) is 6.18. The van der Waals surface area contributed by atoms with Crippen molar-refractivity contribution in [2.24, 2.45) is 0 Å². The molecule has 0 bridgehead atoms. The van der Waals surface area contributed by atoms with Crippen molar-refractivity contribution in [2.75, 3.05) is 0 Å². The molecular weight excluding hydrogens is 261 g/mol. The lowest BCUT2D eigenvalue weighted by Crippen LogP contribution is -2.18. The topological polar surface area (TPSA) is 12.0 Å². The highest BCUT2D eigenvalue weighted by molar-refractivity contribution is 6.30. The third-order valence-corrected chi connectivity index (χ3v) is 3.42. The highest BCUT2D eigenvalue weighted by Gasteiger charge is 2.06. The molecule has 1 unspecified atom stereocenters. The van der Waals surface area contributed by atoms with Gasteiger partial charge in [-0.3, -0.25) is 0 Å². The first-order chi connectivity index (χ1) is 9.06. The maximum atomic E-state index is 13.2. The molecule has 0 fully saturated rings. The van der Waals surface area contributed by atoms with Gasteiger partial charge >= 0.3 is 0 Å². The molecule has 0 saturated carbocycles. The van der Waals surface area contributed by atoms with E-state index in [1.165, 1.54) is 6.07 Å². The van der Waals surface area contributed by atoms with Gasteiger partial charge in [-0.2, -0.15) is 0 Å². The number of halogens is 2. The maximum Gasteiger partial charge on any atom is 0.126 e. The quantitative estimate of drug-likeness (QED) is 0.858. The van der Waals surface area contributed by atoms with E-state index in [1.807, 2.05) is 30.3 Å². The van der Waals surface area contributed by atoms with E-state index in [9.17, 15) is 4.39 Å². The lowest BCUT2D eigenvalue weighted by atomic mass is 10.1. The van der Waals surface area contributed by atoms with Crippen LogP contribution in [0.4, 0.5) is 4.39 Å². The van der Waals surface area contributed by atoms with Gasteiger partial charge in [-0.1, -0.05) is 35.9 Å². The SMILES string of the molecule is Cc1cc(CNC(C)c2cccc(Cl)c2)ccc1F. The van der Waals surface area contributed by atoms with Crippen molar-refractivity contribution >= 4 is 11.6 Å². The Morgan fingerprint density at radius 3 is 2.68 bits per heavy atom. The first-order valence-electron chi connectivity index (χ1n) is 6.30. The summed E-state index contributed by atoms with van der Waals surface area (Å²) in [6.45, 7) is 4.57. The van der Waals surface area contributed by atoms with Crippen LogP contribution in [-0.4, -0.2) is 0 Å². The number of nitrogens with one attached hydrogen (secondary N) is 1. The predicted molar refractivity (Wildman–Crippen MR) is 77.8 cm³/mol. The minimum atomic E-state index is -0.161. The molecule has 0 aliphatic heterocycles. The van der Waals surface area contributed by atoms with E-state index < -0.39 is 0 Å². The minimum absolute atomic E-state index is 0.161. The number of rotatable bonds is 4. The van der Waals surface area contributed by atoms with Crippen molar-refractivity contribution < 1.29 is 4.39 Å². The molecule has 0 saturated heterocycles. The maximum absolute atomic E-state index is 13.2. The van der Waals surface area contributed by atoms with Gasteiger partial charge in [-0.05, 0) is 48.7 Å². The van der Waals surface area contributed by atoms with Crippen LogP contribution in [0, 0.1) is 12.7 Å². The highest BCUT2D eigenvalue weighted by atomic mass is 35.5. The largest absolute Gasteiger partial charge is 0.306 e. The third-order valence-electron chi connectivity index (χ3n) is 3.18. The Morgan fingerprint density at radius 2 is 2.00 bits per heavy atom. The highest BCUT2D eigenvalue weighted by Crippen LogP contribution is 2.18.